The first kappa shape index (κ1) is 12.5. The molecule has 0 aromatic carbocycles. The van der Waals surface area contributed by atoms with Crippen molar-refractivity contribution in [1.82, 2.24) is 10.2 Å². The van der Waals surface area contributed by atoms with Gasteiger partial charge in [0.2, 0.25) is 5.91 Å². The number of hydrogen-bond acceptors (Lipinski definition) is 2. The molecule has 1 fully saturated rings. The maximum Gasteiger partial charge on any atom is 0.222 e. The molecular formula is C12H24N2O. The zero-order valence-electron chi connectivity index (χ0n) is 10.6. The SMILES string of the molecule is CC1CC(NC(=O)C(C)C)C(C)N(C)C1. The van der Waals surface area contributed by atoms with Crippen molar-refractivity contribution in [2.45, 2.75) is 46.2 Å². The van der Waals surface area contributed by atoms with Crippen LogP contribution >= 0.6 is 0 Å². The zero-order valence-corrected chi connectivity index (χ0v) is 10.6. The van der Waals surface area contributed by atoms with Crippen LogP contribution in [0.3, 0.4) is 0 Å². The fourth-order valence-corrected chi connectivity index (χ4v) is 2.20. The minimum absolute atomic E-state index is 0.0831. The number of nitrogens with zero attached hydrogens (tertiary/aromatic N) is 1. The van der Waals surface area contributed by atoms with E-state index in [0.29, 0.717) is 18.0 Å². The van der Waals surface area contributed by atoms with Crippen LogP contribution in [0.4, 0.5) is 0 Å². The summed E-state index contributed by atoms with van der Waals surface area (Å²) in [5.41, 5.74) is 0. The number of likely N-dealkylation sites (tertiary alicyclic amines) is 1. The Kier molecular flexibility index (Phi) is 4.14. The molecule has 0 aromatic rings. The van der Waals surface area contributed by atoms with Crippen LogP contribution in [-0.4, -0.2) is 36.5 Å². The van der Waals surface area contributed by atoms with E-state index in [2.05, 4.69) is 31.1 Å². The van der Waals surface area contributed by atoms with E-state index in [1.807, 2.05) is 13.8 Å². The van der Waals surface area contributed by atoms with E-state index in [4.69, 9.17) is 0 Å². The summed E-state index contributed by atoms with van der Waals surface area (Å²) in [6.07, 6.45) is 1.10. The van der Waals surface area contributed by atoms with Gasteiger partial charge in [0.05, 0.1) is 0 Å². The maximum atomic E-state index is 11.6. The fourth-order valence-electron chi connectivity index (χ4n) is 2.20. The number of piperidine rings is 1. The number of rotatable bonds is 2. The normalized spacial score (nSPS) is 33.1. The van der Waals surface area contributed by atoms with Crippen LogP contribution in [0.5, 0.6) is 0 Å². The average molecular weight is 212 g/mol. The summed E-state index contributed by atoms with van der Waals surface area (Å²) < 4.78 is 0. The second-order valence-corrected chi connectivity index (χ2v) is 5.29. The quantitative estimate of drug-likeness (QED) is 0.752. The molecule has 3 atom stereocenters. The summed E-state index contributed by atoms with van der Waals surface area (Å²) in [7, 11) is 2.13. The standard InChI is InChI=1S/C12H24N2O/c1-8(2)12(15)13-11-6-9(3)7-14(5)10(11)4/h8-11H,6-7H2,1-5H3,(H,13,15). The first-order valence-corrected chi connectivity index (χ1v) is 5.92. The molecule has 0 saturated carbocycles. The van der Waals surface area contributed by atoms with Gasteiger partial charge < -0.3 is 10.2 Å². The number of carbonyl (C=O) groups excluding carboxylic acids is 1. The monoisotopic (exact) mass is 212 g/mol. The molecule has 1 N–H and O–H groups in total. The number of nitrogens with one attached hydrogen (secondary N) is 1. The van der Waals surface area contributed by atoms with Crippen LogP contribution in [0, 0.1) is 11.8 Å². The van der Waals surface area contributed by atoms with Gasteiger partial charge in [0.25, 0.3) is 0 Å². The number of carbonyl (C=O) groups is 1. The van der Waals surface area contributed by atoms with Gasteiger partial charge in [-0.2, -0.15) is 0 Å². The molecule has 1 amide bonds. The lowest BCUT2D eigenvalue weighted by Gasteiger charge is -2.40. The van der Waals surface area contributed by atoms with Crippen molar-refractivity contribution in [2.75, 3.05) is 13.6 Å². The molecule has 1 saturated heterocycles. The predicted molar refractivity (Wildman–Crippen MR) is 62.6 cm³/mol. The van der Waals surface area contributed by atoms with E-state index in [1.165, 1.54) is 0 Å². The third-order valence-electron chi connectivity index (χ3n) is 3.39. The third-order valence-corrected chi connectivity index (χ3v) is 3.39. The van der Waals surface area contributed by atoms with E-state index in [-0.39, 0.29) is 11.8 Å². The highest BCUT2D eigenvalue weighted by molar-refractivity contribution is 5.78. The molecular weight excluding hydrogens is 188 g/mol. The van der Waals surface area contributed by atoms with E-state index in [1.54, 1.807) is 0 Å². The first-order chi connectivity index (χ1) is 6.91. The molecule has 0 radical (unpaired) electrons. The van der Waals surface area contributed by atoms with E-state index < -0.39 is 0 Å². The van der Waals surface area contributed by atoms with Crippen molar-refractivity contribution in [3.63, 3.8) is 0 Å². The van der Waals surface area contributed by atoms with Crippen LogP contribution in [0.25, 0.3) is 0 Å². The van der Waals surface area contributed by atoms with Crippen molar-refractivity contribution < 1.29 is 4.79 Å². The highest BCUT2D eigenvalue weighted by Crippen LogP contribution is 2.20. The summed E-state index contributed by atoms with van der Waals surface area (Å²) in [5.74, 6) is 0.928. The van der Waals surface area contributed by atoms with Gasteiger partial charge in [-0.1, -0.05) is 20.8 Å². The lowest BCUT2D eigenvalue weighted by molar-refractivity contribution is -0.125. The Morgan fingerprint density at radius 2 is 2.00 bits per heavy atom. The number of hydrogen-bond donors (Lipinski definition) is 1. The third kappa shape index (κ3) is 3.20. The van der Waals surface area contributed by atoms with Gasteiger partial charge in [-0.3, -0.25) is 4.79 Å². The van der Waals surface area contributed by atoms with Crippen LogP contribution in [0.15, 0.2) is 0 Å². The lowest BCUT2D eigenvalue weighted by Crippen LogP contribution is -2.55. The van der Waals surface area contributed by atoms with Crippen molar-refractivity contribution >= 4 is 5.91 Å². The van der Waals surface area contributed by atoms with Gasteiger partial charge >= 0.3 is 0 Å². The van der Waals surface area contributed by atoms with E-state index in [9.17, 15) is 4.79 Å². The Labute approximate surface area is 93.2 Å². The van der Waals surface area contributed by atoms with E-state index in [0.717, 1.165) is 13.0 Å². The largest absolute Gasteiger partial charge is 0.352 e. The Balaban J connectivity index is 2.56. The Bertz CT molecular complexity index is 228. The Morgan fingerprint density at radius 1 is 1.40 bits per heavy atom. The van der Waals surface area contributed by atoms with Gasteiger partial charge in [0, 0.05) is 24.5 Å². The highest BCUT2D eigenvalue weighted by Gasteiger charge is 2.30. The van der Waals surface area contributed by atoms with Crippen LogP contribution in [0.1, 0.15) is 34.1 Å². The molecule has 3 unspecified atom stereocenters. The van der Waals surface area contributed by atoms with Crippen LogP contribution in [0.2, 0.25) is 0 Å². The minimum atomic E-state index is 0.0831. The molecule has 1 aliphatic rings. The fraction of sp³-hybridized carbons (Fsp3) is 0.917. The molecule has 1 aliphatic heterocycles. The minimum Gasteiger partial charge on any atom is -0.352 e. The molecule has 15 heavy (non-hydrogen) atoms. The van der Waals surface area contributed by atoms with Gasteiger partial charge in [0.15, 0.2) is 0 Å². The molecule has 1 heterocycles. The van der Waals surface area contributed by atoms with Crippen molar-refractivity contribution in [3.05, 3.63) is 0 Å². The highest BCUT2D eigenvalue weighted by atomic mass is 16.1. The maximum absolute atomic E-state index is 11.6. The predicted octanol–water partition coefficient (Wildman–Crippen LogP) is 1.49. The second kappa shape index (κ2) is 4.97. The van der Waals surface area contributed by atoms with Crippen molar-refractivity contribution in [1.29, 1.82) is 0 Å². The zero-order chi connectivity index (χ0) is 11.6. The Morgan fingerprint density at radius 3 is 2.53 bits per heavy atom. The van der Waals surface area contributed by atoms with Gasteiger partial charge in [-0.15, -0.1) is 0 Å². The molecule has 0 bridgehead atoms. The number of amides is 1. The molecule has 0 aliphatic carbocycles. The second-order valence-electron chi connectivity index (χ2n) is 5.29. The van der Waals surface area contributed by atoms with Crippen molar-refractivity contribution in [3.8, 4) is 0 Å². The molecule has 3 heteroatoms. The topological polar surface area (TPSA) is 32.3 Å². The summed E-state index contributed by atoms with van der Waals surface area (Å²) in [6.45, 7) is 9.45. The molecule has 1 rings (SSSR count). The van der Waals surface area contributed by atoms with Gasteiger partial charge in [-0.25, -0.2) is 0 Å². The molecule has 88 valence electrons. The van der Waals surface area contributed by atoms with Crippen LogP contribution < -0.4 is 5.32 Å². The molecule has 0 aromatic heterocycles. The van der Waals surface area contributed by atoms with Crippen molar-refractivity contribution in [2.24, 2.45) is 11.8 Å². The Hall–Kier alpha value is -0.570. The molecule has 0 spiro atoms. The average Bonchev–Trinajstić information content (AvgIpc) is 2.13. The first-order valence-electron chi connectivity index (χ1n) is 5.92. The summed E-state index contributed by atoms with van der Waals surface area (Å²) in [6, 6.07) is 0.762. The summed E-state index contributed by atoms with van der Waals surface area (Å²) in [5, 5.41) is 3.15. The molecule has 3 nitrogen and oxygen atoms in total. The number of likely N-dealkylation sites (N-methyl/N-ethyl adjacent to an activating group) is 1. The smallest absolute Gasteiger partial charge is 0.222 e. The van der Waals surface area contributed by atoms with Gasteiger partial charge in [0.1, 0.15) is 0 Å². The van der Waals surface area contributed by atoms with E-state index >= 15 is 0 Å². The summed E-state index contributed by atoms with van der Waals surface area (Å²) in [4.78, 5) is 14.0. The lowest BCUT2D eigenvalue weighted by atomic mass is 9.90. The summed E-state index contributed by atoms with van der Waals surface area (Å²) >= 11 is 0. The van der Waals surface area contributed by atoms with Gasteiger partial charge in [-0.05, 0) is 26.3 Å². The van der Waals surface area contributed by atoms with Crippen LogP contribution in [-0.2, 0) is 4.79 Å².